The summed E-state index contributed by atoms with van der Waals surface area (Å²) < 4.78 is 41.4. The van der Waals surface area contributed by atoms with E-state index < -0.39 is 29.3 Å². The van der Waals surface area contributed by atoms with Crippen molar-refractivity contribution in [3.8, 4) is 0 Å². The van der Waals surface area contributed by atoms with Crippen LogP contribution in [0.25, 0.3) is 0 Å². The third kappa shape index (κ3) is 4.93. The fraction of sp³-hybridized carbons (Fsp3) is 0.409. The molecule has 0 aromatic heterocycles. The average molecular weight is 425 g/mol. The zero-order chi connectivity index (χ0) is 21.3. The van der Waals surface area contributed by atoms with Gasteiger partial charge in [-0.1, -0.05) is 44.5 Å². The van der Waals surface area contributed by atoms with Crippen molar-refractivity contribution in [3.05, 3.63) is 64.4 Å². The van der Waals surface area contributed by atoms with E-state index in [9.17, 15) is 18.0 Å². The monoisotopic (exact) mass is 424 g/mol. The fourth-order valence-corrected chi connectivity index (χ4v) is 4.13. The van der Waals surface area contributed by atoms with E-state index >= 15 is 0 Å². The highest BCUT2D eigenvalue weighted by atomic mass is 35.5. The lowest BCUT2D eigenvalue weighted by Gasteiger charge is -2.29. The Morgan fingerprint density at radius 3 is 2.55 bits per heavy atom. The Balaban J connectivity index is 1.93. The summed E-state index contributed by atoms with van der Waals surface area (Å²) in [5.41, 5.74) is 0.451. The van der Waals surface area contributed by atoms with Crippen LogP contribution < -0.4 is 10.6 Å². The summed E-state index contributed by atoms with van der Waals surface area (Å²) in [5, 5.41) is 6.00. The molecule has 3 rings (SSSR count). The van der Waals surface area contributed by atoms with Crippen molar-refractivity contribution in [2.75, 3.05) is 11.9 Å². The van der Waals surface area contributed by atoms with Gasteiger partial charge in [-0.15, -0.1) is 0 Å². The van der Waals surface area contributed by atoms with Crippen LogP contribution in [0.1, 0.15) is 38.7 Å². The largest absolute Gasteiger partial charge is 0.326 e. The minimum atomic E-state index is -1.05. The van der Waals surface area contributed by atoms with Crippen molar-refractivity contribution >= 4 is 23.2 Å². The van der Waals surface area contributed by atoms with Gasteiger partial charge in [-0.2, -0.15) is 0 Å². The molecule has 1 fully saturated rings. The molecule has 0 radical (unpaired) electrons. The van der Waals surface area contributed by atoms with E-state index in [-0.39, 0.29) is 28.1 Å². The second kappa shape index (κ2) is 8.36. The first-order valence-corrected chi connectivity index (χ1v) is 9.88. The van der Waals surface area contributed by atoms with Gasteiger partial charge in [-0.05, 0) is 35.6 Å². The molecule has 1 amide bonds. The van der Waals surface area contributed by atoms with E-state index in [0.29, 0.717) is 18.5 Å². The number of carbonyl (C=O) groups excluding carboxylic acids is 1. The highest BCUT2D eigenvalue weighted by molar-refractivity contribution is 6.30. The van der Waals surface area contributed by atoms with Crippen LogP contribution in [-0.2, 0) is 4.79 Å². The number of nitrogens with one attached hydrogen (secondary N) is 2. The number of anilines is 1. The van der Waals surface area contributed by atoms with Crippen molar-refractivity contribution in [1.82, 2.24) is 5.32 Å². The van der Waals surface area contributed by atoms with E-state index in [2.05, 4.69) is 31.4 Å². The van der Waals surface area contributed by atoms with Gasteiger partial charge >= 0.3 is 0 Å². The number of rotatable bonds is 4. The lowest BCUT2D eigenvalue weighted by molar-refractivity contribution is -0.120. The molecule has 1 saturated heterocycles. The zero-order valence-corrected chi connectivity index (χ0v) is 17.3. The number of amides is 1. The van der Waals surface area contributed by atoms with Gasteiger partial charge in [0.2, 0.25) is 5.91 Å². The number of carbonyl (C=O) groups is 1. The second-order valence-corrected chi connectivity index (χ2v) is 9.08. The molecule has 7 heteroatoms. The summed E-state index contributed by atoms with van der Waals surface area (Å²) in [4.78, 5) is 13.2. The summed E-state index contributed by atoms with van der Waals surface area (Å²) in [7, 11) is 0. The molecule has 3 nitrogen and oxygen atoms in total. The number of halogens is 4. The van der Waals surface area contributed by atoms with E-state index in [1.165, 1.54) is 12.1 Å². The molecule has 0 bridgehead atoms. The van der Waals surface area contributed by atoms with E-state index in [1.54, 1.807) is 12.1 Å². The van der Waals surface area contributed by atoms with Crippen molar-refractivity contribution in [2.24, 2.45) is 11.3 Å². The summed E-state index contributed by atoms with van der Waals surface area (Å²) >= 11 is 5.95. The van der Waals surface area contributed by atoms with Gasteiger partial charge in [0.15, 0.2) is 11.6 Å². The van der Waals surface area contributed by atoms with Crippen molar-refractivity contribution < 1.29 is 18.0 Å². The predicted molar refractivity (Wildman–Crippen MR) is 108 cm³/mol. The van der Waals surface area contributed by atoms with Crippen LogP contribution in [0, 0.1) is 28.8 Å². The number of hydrogen-bond acceptors (Lipinski definition) is 2. The maximum absolute atomic E-state index is 14.7. The first-order valence-electron chi connectivity index (χ1n) is 9.50. The normalized spacial score (nSPS) is 22.0. The number of benzene rings is 2. The van der Waals surface area contributed by atoms with E-state index in [0.717, 1.165) is 12.1 Å². The molecule has 3 unspecified atom stereocenters. The standard InChI is InChI=1S/C22H24ClF3N2O/c1-22(2,3)10-18-19(21(29)28-12-7-8-16(24)17(25)9-12)14(11-27-18)13-5-4-6-15(23)20(13)26/h4-9,14,18-19,27H,10-11H2,1-3H3,(H,28,29). The number of hydrogen-bond donors (Lipinski definition) is 2. The third-order valence-corrected chi connectivity index (χ3v) is 5.46. The molecule has 3 atom stereocenters. The van der Waals surface area contributed by atoms with Gasteiger partial charge in [-0.3, -0.25) is 4.79 Å². The van der Waals surface area contributed by atoms with Crippen LogP contribution in [0.4, 0.5) is 18.9 Å². The summed E-state index contributed by atoms with van der Waals surface area (Å²) in [6.07, 6.45) is 0.682. The molecule has 0 aliphatic carbocycles. The van der Waals surface area contributed by atoms with Crippen molar-refractivity contribution in [2.45, 2.75) is 39.2 Å². The molecule has 2 aromatic carbocycles. The molecular formula is C22H24ClF3N2O. The Morgan fingerprint density at radius 2 is 1.90 bits per heavy atom. The fourth-order valence-electron chi connectivity index (χ4n) is 3.95. The van der Waals surface area contributed by atoms with Gasteiger partial charge in [0.25, 0.3) is 0 Å². The van der Waals surface area contributed by atoms with Crippen LogP contribution >= 0.6 is 11.6 Å². The molecule has 2 N–H and O–H groups in total. The van der Waals surface area contributed by atoms with Crippen LogP contribution in [0.2, 0.25) is 5.02 Å². The Labute approximate surface area is 173 Å². The van der Waals surface area contributed by atoms with E-state index in [4.69, 9.17) is 11.6 Å². The molecule has 0 spiro atoms. The lowest BCUT2D eigenvalue weighted by atomic mass is 9.78. The Bertz CT molecular complexity index is 913. The van der Waals surface area contributed by atoms with Crippen molar-refractivity contribution in [3.63, 3.8) is 0 Å². The highest BCUT2D eigenvalue weighted by Crippen LogP contribution is 2.39. The van der Waals surface area contributed by atoms with Gasteiger partial charge in [0, 0.05) is 30.3 Å². The molecular weight excluding hydrogens is 401 g/mol. The Morgan fingerprint density at radius 1 is 1.17 bits per heavy atom. The summed E-state index contributed by atoms with van der Waals surface area (Å²) in [5.74, 6) is -3.99. The Hall–Kier alpha value is -2.05. The van der Waals surface area contributed by atoms with Crippen molar-refractivity contribution in [1.29, 1.82) is 0 Å². The molecule has 29 heavy (non-hydrogen) atoms. The summed E-state index contributed by atoms with van der Waals surface area (Å²) in [6, 6.07) is 7.73. The molecule has 1 aliphatic heterocycles. The Kier molecular flexibility index (Phi) is 6.24. The SMILES string of the molecule is CC(C)(C)CC1NCC(c2cccc(Cl)c2F)C1C(=O)Nc1ccc(F)c(F)c1. The maximum Gasteiger partial charge on any atom is 0.229 e. The lowest BCUT2D eigenvalue weighted by Crippen LogP contribution is -2.38. The second-order valence-electron chi connectivity index (χ2n) is 8.67. The highest BCUT2D eigenvalue weighted by Gasteiger charge is 2.44. The molecule has 2 aromatic rings. The zero-order valence-electron chi connectivity index (χ0n) is 16.5. The molecule has 156 valence electrons. The van der Waals surface area contributed by atoms with Crippen LogP contribution in [0.5, 0.6) is 0 Å². The van der Waals surface area contributed by atoms with Crippen LogP contribution in [-0.4, -0.2) is 18.5 Å². The third-order valence-electron chi connectivity index (χ3n) is 5.17. The van der Waals surface area contributed by atoms with Gasteiger partial charge in [-0.25, -0.2) is 13.2 Å². The van der Waals surface area contributed by atoms with Gasteiger partial charge < -0.3 is 10.6 Å². The topological polar surface area (TPSA) is 41.1 Å². The van der Waals surface area contributed by atoms with Crippen LogP contribution in [0.15, 0.2) is 36.4 Å². The average Bonchev–Trinajstić information content (AvgIpc) is 3.02. The summed E-state index contributed by atoms with van der Waals surface area (Å²) in [6.45, 7) is 6.60. The minimum Gasteiger partial charge on any atom is -0.326 e. The van der Waals surface area contributed by atoms with Gasteiger partial charge in [0.1, 0.15) is 5.82 Å². The molecule has 1 heterocycles. The van der Waals surface area contributed by atoms with E-state index in [1.807, 2.05) is 0 Å². The first kappa shape index (κ1) is 21.7. The maximum atomic E-state index is 14.7. The minimum absolute atomic E-state index is 0.00142. The quantitative estimate of drug-likeness (QED) is 0.680. The first-order chi connectivity index (χ1) is 13.6. The van der Waals surface area contributed by atoms with Crippen LogP contribution in [0.3, 0.4) is 0 Å². The van der Waals surface area contributed by atoms with Gasteiger partial charge in [0.05, 0.1) is 10.9 Å². The smallest absolute Gasteiger partial charge is 0.229 e. The predicted octanol–water partition coefficient (Wildman–Crippen LogP) is 5.50. The molecule has 0 saturated carbocycles. The molecule has 1 aliphatic rings.